The summed E-state index contributed by atoms with van der Waals surface area (Å²) in [4.78, 5) is 9.15. The SMILES string of the molecule is N#Cc1c(Cl)nc(N2CCC(N3CCOCC3)CC2)c(C#N)c1C1CC1. The molecule has 2 aliphatic heterocycles. The molecule has 0 amide bonds. The number of aromatic nitrogens is 1. The van der Waals surface area contributed by atoms with E-state index in [0.29, 0.717) is 23.0 Å². The highest BCUT2D eigenvalue weighted by Gasteiger charge is 2.35. The molecule has 0 atom stereocenters. The zero-order valence-electron chi connectivity index (χ0n) is 14.7. The van der Waals surface area contributed by atoms with Crippen molar-refractivity contribution in [3.05, 3.63) is 21.8 Å². The summed E-state index contributed by atoms with van der Waals surface area (Å²) in [6, 6.07) is 5.04. The summed E-state index contributed by atoms with van der Waals surface area (Å²) in [7, 11) is 0. The lowest BCUT2D eigenvalue weighted by molar-refractivity contribution is 0.0115. The molecule has 0 N–H and O–H groups in total. The number of pyridine rings is 1. The Hall–Kier alpha value is -1.86. The van der Waals surface area contributed by atoms with E-state index >= 15 is 0 Å². The minimum atomic E-state index is 0.235. The van der Waals surface area contributed by atoms with Gasteiger partial charge in [-0.2, -0.15) is 10.5 Å². The van der Waals surface area contributed by atoms with Crippen LogP contribution >= 0.6 is 11.6 Å². The van der Waals surface area contributed by atoms with Gasteiger partial charge in [0.2, 0.25) is 0 Å². The van der Waals surface area contributed by atoms with Crippen LogP contribution in [-0.2, 0) is 4.74 Å². The fraction of sp³-hybridized carbons (Fsp3) is 0.632. The predicted octanol–water partition coefficient (Wildman–Crippen LogP) is 2.66. The van der Waals surface area contributed by atoms with E-state index in [1.807, 2.05) is 0 Å². The lowest BCUT2D eigenvalue weighted by atomic mass is 9.98. The van der Waals surface area contributed by atoms with Crippen LogP contribution in [0.2, 0.25) is 5.15 Å². The van der Waals surface area contributed by atoms with Crippen molar-refractivity contribution in [3.8, 4) is 12.1 Å². The van der Waals surface area contributed by atoms with Crippen molar-refractivity contribution in [2.75, 3.05) is 44.3 Å². The van der Waals surface area contributed by atoms with Gasteiger partial charge in [-0.05, 0) is 37.2 Å². The number of nitriles is 2. The van der Waals surface area contributed by atoms with Gasteiger partial charge in [-0.25, -0.2) is 4.98 Å². The molecule has 1 saturated carbocycles. The summed E-state index contributed by atoms with van der Waals surface area (Å²) in [5.74, 6) is 0.947. The minimum Gasteiger partial charge on any atom is -0.379 e. The van der Waals surface area contributed by atoms with E-state index in [0.717, 1.165) is 70.6 Å². The van der Waals surface area contributed by atoms with Gasteiger partial charge in [0, 0.05) is 32.2 Å². The Morgan fingerprint density at radius 1 is 0.962 bits per heavy atom. The number of hydrogen-bond donors (Lipinski definition) is 0. The monoisotopic (exact) mass is 371 g/mol. The number of hydrogen-bond acceptors (Lipinski definition) is 6. The smallest absolute Gasteiger partial charge is 0.149 e. The first-order valence-corrected chi connectivity index (χ1v) is 9.71. The second-order valence-electron chi connectivity index (χ2n) is 7.25. The van der Waals surface area contributed by atoms with E-state index in [1.54, 1.807) is 0 Å². The zero-order chi connectivity index (χ0) is 18.1. The van der Waals surface area contributed by atoms with Gasteiger partial charge in [0.15, 0.2) is 0 Å². The van der Waals surface area contributed by atoms with Crippen molar-refractivity contribution in [1.82, 2.24) is 9.88 Å². The molecule has 4 rings (SSSR count). The van der Waals surface area contributed by atoms with E-state index < -0.39 is 0 Å². The van der Waals surface area contributed by atoms with Crippen molar-refractivity contribution >= 4 is 17.4 Å². The van der Waals surface area contributed by atoms with E-state index in [4.69, 9.17) is 16.3 Å². The molecule has 0 spiro atoms. The highest BCUT2D eigenvalue weighted by Crippen LogP contribution is 2.46. The molecule has 2 saturated heterocycles. The van der Waals surface area contributed by atoms with Crippen LogP contribution in [0.3, 0.4) is 0 Å². The number of rotatable bonds is 3. The average Bonchev–Trinajstić information content (AvgIpc) is 3.53. The molecule has 3 heterocycles. The molecule has 1 aromatic rings. The Bertz CT molecular complexity index is 766. The average molecular weight is 372 g/mol. The summed E-state index contributed by atoms with van der Waals surface area (Å²) in [6.45, 7) is 5.35. The second kappa shape index (κ2) is 7.40. The molecule has 3 aliphatic rings. The molecule has 136 valence electrons. The van der Waals surface area contributed by atoms with Gasteiger partial charge in [0.25, 0.3) is 0 Å². The van der Waals surface area contributed by atoms with Crippen molar-refractivity contribution in [2.45, 2.75) is 37.6 Å². The Morgan fingerprint density at radius 2 is 1.62 bits per heavy atom. The van der Waals surface area contributed by atoms with Gasteiger partial charge < -0.3 is 9.64 Å². The van der Waals surface area contributed by atoms with Gasteiger partial charge in [-0.3, -0.25) is 4.90 Å². The fourth-order valence-corrected chi connectivity index (χ4v) is 4.40. The van der Waals surface area contributed by atoms with Crippen molar-refractivity contribution in [2.24, 2.45) is 0 Å². The Balaban J connectivity index is 1.57. The molecule has 0 aromatic carbocycles. The number of anilines is 1. The summed E-state index contributed by atoms with van der Waals surface area (Å²) in [5, 5.41) is 19.5. The Morgan fingerprint density at radius 3 is 2.19 bits per heavy atom. The number of nitrogens with zero attached hydrogens (tertiary/aromatic N) is 5. The van der Waals surface area contributed by atoms with Crippen molar-refractivity contribution in [1.29, 1.82) is 10.5 Å². The maximum absolute atomic E-state index is 9.78. The third kappa shape index (κ3) is 3.25. The molecule has 7 heteroatoms. The van der Waals surface area contributed by atoms with E-state index in [9.17, 15) is 10.5 Å². The van der Waals surface area contributed by atoms with E-state index in [-0.39, 0.29) is 11.1 Å². The van der Waals surface area contributed by atoms with Crippen LogP contribution in [0.1, 0.15) is 48.3 Å². The summed E-state index contributed by atoms with van der Waals surface area (Å²) < 4.78 is 5.45. The van der Waals surface area contributed by atoms with Crippen LogP contribution < -0.4 is 4.90 Å². The van der Waals surface area contributed by atoms with Crippen molar-refractivity contribution in [3.63, 3.8) is 0 Å². The van der Waals surface area contributed by atoms with Gasteiger partial charge in [-0.15, -0.1) is 0 Å². The standard InChI is InChI=1S/C19H22ClN5O/c20-18-15(11-21)17(13-1-2-13)16(12-22)19(23-18)25-5-3-14(4-6-25)24-7-9-26-10-8-24/h13-14H,1-10H2. The first kappa shape index (κ1) is 17.5. The lowest BCUT2D eigenvalue weighted by Gasteiger charge is -2.40. The zero-order valence-corrected chi connectivity index (χ0v) is 15.5. The lowest BCUT2D eigenvalue weighted by Crippen LogP contribution is -2.49. The highest BCUT2D eigenvalue weighted by molar-refractivity contribution is 6.30. The topological polar surface area (TPSA) is 76.2 Å². The molecule has 6 nitrogen and oxygen atoms in total. The summed E-state index contributed by atoms with van der Waals surface area (Å²) in [5.41, 5.74) is 1.76. The van der Waals surface area contributed by atoms with Gasteiger partial charge in [0.05, 0.1) is 24.3 Å². The predicted molar refractivity (Wildman–Crippen MR) is 98.3 cm³/mol. The van der Waals surface area contributed by atoms with Gasteiger partial charge in [0.1, 0.15) is 23.1 Å². The maximum atomic E-state index is 9.78. The number of ether oxygens (including phenoxy) is 1. The Kier molecular flexibility index (Phi) is 5.00. The number of morpholine rings is 1. The Labute approximate surface area is 158 Å². The highest BCUT2D eigenvalue weighted by atomic mass is 35.5. The first-order valence-electron chi connectivity index (χ1n) is 9.33. The number of piperidine rings is 1. The number of halogens is 1. The minimum absolute atomic E-state index is 0.235. The summed E-state index contributed by atoms with van der Waals surface area (Å²) in [6.07, 6.45) is 4.12. The fourth-order valence-electron chi connectivity index (χ4n) is 4.17. The summed E-state index contributed by atoms with van der Waals surface area (Å²) >= 11 is 6.31. The van der Waals surface area contributed by atoms with Crippen molar-refractivity contribution < 1.29 is 4.74 Å². The molecular weight excluding hydrogens is 350 g/mol. The van der Waals surface area contributed by atoms with E-state index in [2.05, 4.69) is 26.9 Å². The maximum Gasteiger partial charge on any atom is 0.149 e. The molecule has 0 radical (unpaired) electrons. The molecule has 1 aromatic heterocycles. The third-order valence-corrected chi connectivity index (χ3v) is 5.98. The van der Waals surface area contributed by atoms with Crippen LogP contribution in [0.5, 0.6) is 0 Å². The quantitative estimate of drug-likeness (QED) is 0.760. The van der Waals surface area contributed by atoms with Gasteiger partial charge >= 0.3 is 0 Å². The molecule has 1 aliphatic carbocycles. The first-order chi connectivity index (χ1) is 12.7. The molecule has 3 fully saturated rings. The van der Waals surface area contributed by atoms with Crippen LogP contribution in [0.15, 0.2) is 0 Å². The second-order valence-corrected chi connectivity index (χ2v) is 7.61. The van der Waals surface area contributed by atoms with Crippen LogP contribution in [0.25, 0.3) is 0 Å². The van der Waals surface area contributed by atoms with E-state index in [1.165, 1.54) is 0 Å². The van der Waals surface area contributed by atoms with Gasteiger partial charge in [-0.1, -0.05) is 11.6 Å². The largest absolute Gasteiger partial charge is 0.379 e. The van der Waals surface area contributed by atoms with Crippen LogP contribution in [0.4, 0.5) is 5.82 Å². The molecule has 0 bridgehead atoms. The van der Waals surface area contributed by atoms with Crippen LogP contribution in [0, 0.1) is 22.7 Å². The normalized spacial score (nSPS) is 22.0. The molecule has 26 heavy (non-hydrogen) atoms. The van der Waals surface area contributed by atoms with Crippen LogP contribution in [-0.4, -0.2) is 55.3 Å². The molecule has 0 unspecified atom stereocenters. The third-order valence-electron chi connectivity index (χ3n) is 5.71. The molecular formula is C19H22ClN5O.